The molecule has 1 rings (SSSR count). The quantitative estimate of drug-likeness (QED) is 0.476. The molecule has 1 aromatic rings. The lowest BCUT2D eigenvalue weighted by Gasteiger charge is -2.31. The largest absolute Gasteiger partial charge is 0.444 e. The molecule has 8 nitrogen and oxygen atoms in total. The highest BCUT2D eigenvalue weighted by atomic mass is 16.6. The average molecular weight is 422 g/mol. The fraction of sp³-hybridized carbons (Fsp3) is 0.591. The van der Waals surface area contributed by atoms with Gasteiger partial charge >= 0.3 is 6.09 Å². The summed E-state index contributed by atoms with van der Waals surface area (Å²) in [7, 11) is 0. The smallest absolute Gasteiger partial charge is 0.408 e. The van der Waals surface area contributed by atoms with Crippen LogP contribution in [0.4, 0.5) is 4.79 Å². The normalized spacial score (nSPS) is 12.0. The first-order chi connectivity index (χ1) is 14.2. The van der Waals surface area contributed by atoms with Gasteiger partial charge in [0.25, 0.3) is 0 Å². The van der Waals surface area contributed by atoms with Crippen molar-refractivity contribution in [1.29, 1.82) is 0 Å². The third-order valence-electron chi connectivity index (χ3n) is 4.20. The summed E-state index contributed by atoms with van der Waals surface area (Å²) in [6.07, 6.45) is 2.15. The van der Waals surface area contributed by atoms with Crippen LogP contribution in [0.5, 0.6) is 0 Å². The Bertz CT molecular complexity index is 673. The molecular weight excluding hydrogens is 386 g/mol. The number of hydrogen-bond donors (Lipinski definition) is 3. The van der Waals surface area contributed by atoms with Gasteiger partial charge in [0.2, 0.25) is 11.8 Å². The number of nitrogens with zero attached hydrogens (tertiary/aromatic N) is 1. The maximum atomic E-state index is 13.0. The van der Waals surface area contributed by atoms with Crippen LogP contribution in [0.15, 0.2) is 30.3 Å². The highest BCUT2D eigenvalue weighted by Gasteiger charge is 2.31. The predicted molar refractivity (Wildman–Crippen MR) is 115 cm³/mol. The highest BCUT2D eigenvalue weighted by Crippen LogP contribution is 2.21. The molecule has 168 valence electrons. The fourth-order valence-electron chi connectivity index (χ4n) is 2.86. The molecule has 30 heavy (non-hydrogen) atoms. The molecule has 1 aromatic carbocycles. The summed E-state index contributed by atoms with van der Waals surface area (Å²) < 4.78 is 5.15. The molecule has 3 N–H and O–H groups in total. The lowest BCUT2D eigenvalue weighted by molar-refractivity contribution is -0.140. The number of aliphatic hydroxyl groups is 1. The lowest BCUT2D eigenvalue weighted by Crippen LogP contribution is -2.48. The number of benzene rings is 1. The van der Waals surface area contributed by atoms with Gasteiger partial charge in [0.05, 0.1) is 6.61 Å². The van der Waals surface area contributed by atoms with E-state index in [1.165, 1.54) is 4.90 Å². The fourth-order valence-corrected chi connectivity index (χ4v) is 2.86. The lowest BCUT2D eigenvalue weighted by atomic mass is 10.0. The number of rotatable bonds is 11. The first-order valence-corrected chi connectivity index (χ1v) is 10.4. The van der Waals surface area contributed by atoms with Crippen LogP contribution in [0.25, 0.3) is 0 Å². The minimum absolute atomic E-state index is 0.0449. The number of carbonyl (C=O) groups excluding carboxylic acids is 3. The standard InChI is InChI=1S/C22H35N3O5/c1-5-6-10-13-23-20(28)19(17-11-8-7-9-12-17)25(14-15-26)18(27)16-24-21(29)30-22(2,3)4/h7-9,11-12,19,26H,5-6,10,13-16H2,1-4H3,(H,23,28)(H,24,29). The van der Waals surface area contributed by atoms with E-state index < -0.39 is 23.6 Å². The Labute approximate surface area is 179 Å². The van der Waals surface area contributed by atoms with Gasteiger partial charge in [-0.1, -0.05) is 50.1 Å². The number of ether oxygens (including phenoxy) is 1. The van der Waals surface area contributed by atoms with Crippen molar-refractivity contribution in [3.63, 3.8) is 0 Å². The zero-order valence-electron chi connectivity index (χ0n) is 18.4. The molecule has 0 heterocycles. The molecule has 1 unspecified atom stereocenters. The van der Waals surface area contributed by atoms with Gasteiger partial charge in [-0.05, 0) is 32.8 Å². The summed E-state index contributed by atoms with van der Waals surface area (Å²) in [4.78, 5) is 39.0. The van der Waals surface area contributed by atoms with Crippen LogP contribution in [0.3, 0.4) is 0 Å². The molecule has 0 saturated heterocycles. The molecule has 0 radical (unpaired) electrons. The van der Waals surface area contributed by atoms with Gasteiger partial charge in [0.15, 0.2) is 0 Å². The second-order valence-electron chi connectivity index (χ2n) is 7.98. The Morgan fingerprint density at radius 3 is 2.33 bits per heavy atom. The average Bonchev–Trinajstić information content (AvgIpc) is 2.68. The third kappa shape index (κ3) is 9.26. The summed E-state index contributed by atoms with van der Waals surface area (Å²) in [6.45, 7) is 7.05. The van der Waals surface area contributed by atoms with Crippen molar-refractivity contribution in [3.05, 3.63) is 35.9 Å². The molecule has 0 bridgehead atoms. The van der Waals surface area contributed by atoms with Crippen molar-refractivity contribution in [2.75, 3.05) is 26.2 Å². The van der Waals surface area contributed by atoms with Crippen molar-refractivity contribution in [2.45, 2.75) is 58.6 Å². The second kappa shape index (κ2) is 12.8. The van der Waals surface area contributed by atoms with E-state index in [0.29, 0.717) is 12.1 Å². The molecule has 1 atom stereocenters. The Morgan fingerprint density at radius 1 is 1.10 bits per heavy atom. The van der Waals surface area contributed by atoms with Crippen molar-refractivity contribution in [1.82, 2.24) is 15.5 Å². The third-order valence-corrected chi connectivity index (χ3v) is 4.20. The van der Waals surface area contributed by atoms with Crippen molar-refractivity contribution < 1.29 is 24.2 Å². The molecule has 0 aromatic heterocycles. The van der Waals surface area contributed by atoms with E-state index in [2.05, 4.69) is 17.6 Å². The summed E-state index contributed by atoms with van der Waals surface area (Å²) in [5, 5.41) is 14.8. The monoisotopic (exact) mass is 421 g/mol. The number of amides is 3. The summed E-state index contributed by atoms with van der Waals surface area (Å²) in [5.74, 6) is -0.816. The van der Waals surface area contributed by atoms with Gasteiger partial charge in [0.1, 0.15) is 18.2 Å². The van der Waals surface area contributed by atoms with Gasteiger partial charge in [-0.25, -0.2) is 4.79 Å². The van der Waals surface area contributed by atoms with E-state index in [4.69, 9.17) is 4.74 Å². The van der Waals surface area contributed by atoms with Crippen molar-refractivity contribution in [3.8, 4) is 0 Å². The maximum absolute atomic E-state index is 13.0. The molecule has 0 aliphatic heterocycles. The van der Waals surface area contributed by atoms with Crippen LogP contribution in [0, 0.1) is 0 Å². The Morgan fingerprint density at radius 2 is 1.77 bits per heavy atom. The number of nitrogens with one attached hydrogen (secondary N) is 2. The number of hydrogen-bond acceptors (Lipinski definition) is 5. The number of unbranched alkanes of at least 4 members (excludes halogenated alkanes) is 2. The highest BCUT2D eigenvalue weighted by molar-refractivity contribution is 5.90. The molecule has 0 fully saturated rings. The zero-order valence-corrected chi connectivity index (χ0v) is 18.4. The molecule has 0 saturated carbocycles. The number of carbonyl (C=O) groups is 3. The number of aliphatic hydroxyl groups excluding tert-OH is 1. The zero-order chi connectivity index (χ0) is 22.6. The first kappa shape index (κ1) is 25.4. The van der Waals surface area contributed by atoms with E-state index in [0.717, 1.165) is 19.3 Å². The van der Waals surface area contributed by atoms with Crippen molar-refractivity contribution in [2.24, 2.45) is 0 Å². The van der Waals surface area contributed by atoms with Crippen LogP contribution >= 0.6 is 0 Å². The van der Waals surface area contributed by atoms with Crippen LogP contribution < -0.4 is 10.6 Å². The van der Waals surface area contributed by atoms with E-state index in [1.807, 2.05) is 6.07 Å². The minimum Gasteiger partial charge on any atom is -0.444 e. The SMILES string of the molecule is CCCCCNC(=O)C(c1ccccc1)N(CCO)C(=O)CNC(=O)OC(C)(C)C. The van der Waals surface area contributed by atoms with Gasteiger partial charge in [0, 0.05) is 13.1 Å². The first-order valence-electron chi connectivity index (χ1n) is 10.4. The molecule has 3 amide bonds. The molecule has 0 aliphatic rings. The van der Waals surface area contributed by atoms with Crippen LogP contribution in [-0.4, -0.2) is 59.8 Å². The molecular formula is C22H35N3O5. The summed E-state index contributed by atoms with van der Waals surface area (Å²) >= 11 is 0. The number of alkyl carbamates (subject to hydrolysis) is 1. The Hall–Kier alpha value is -2.61. The van der Waals surface area contributed by atoms with Crippen LogP contribution in [0.2, 0.25) is 0 Å². The van der Waals surface area contributed by atoms with E-state index in [1.54, 1.807) is 45.0 Å². The maximum Gasteiger partial charge on any atom is 0.408 e. The molecule has 8 heteroatoms. The van der Waals surface area contributed by atoms with Crippen LogP contribution in [0.1, 0.15) is 58.6 Å². The predicted octanol–water partition coefficient (Wildman–Crippen LogP) is 2.38. The van der Waals surface area contributed by atoms with E-state index in [9.17, 15) is 19.5 Å². The Balaban J connectivity index is 2.96. The van der Waals surface area contributed by atoms with E-state index >= 15 is 0 Å². The minimum atomic E-state index is -0.909. The van der Waals surface area contributed by atoms with Crippen molar-refractivity contribution >= 4 is 17.9 Å². The second-order valence-corrected chi connectivity index (χ2v) is 7.98. The summed E-state index contributed by atoms with van der Waals surface area (Å²) in [5.41, 5.74) is -0.0624. The Kier molecular flexibility index (Phi) is 10.9. The summed E-state index contributed by atoms with van der Waals surface area (Å²) in [6, 6.07) is 8.00. The topological polar surface area (TPSA) is 108 Å². The molecule has 0 spiro atoms. The van der Waals surface area contributed by atoms with Gasteiger partial charge in [-0.3, -0.25) is 9.59 Å². The van der Waals surface area contributed by atoms with Crippen LogP contribution in [-0.2, 0) is 14.3 Å². The van der Waals surface area contributed by atoms with Gasteiger partial charge in [-0.2, -0.15) is 0 Å². The van der Waals surface area contributed by atoms with Gasteiger partial charge in [-0.15, -0.1) is 0 Å². The molecule has 0 aliphatic carbocycles. The van der Waals surface area contributed by atoms with Gasteiger partial charge < -0.3 is 25.4 Å². The van der Waals surface area contributed by atoms with E-state index in [-0.39, 0.29) is 25.6 Å².